The van der Waals surface area contributed by atoms with E-state index in [1.807, 2.05) is 0 Å². The minimum Gasteiger partial charge on any atom is -1.00 e. The number of carbonyl (C=O) groups excluding carboxylic acids is 1. The van der Waals surface area contributed by atoms with E-state index >= 15 is 0 Å². The fourth-order valence-electron chi connectivity index (χ4n) is 0.602. The Labute approximate surface area is 109 Å². The maximum absolute atomic E-state index is 10.5. The summed E-state index contributed by atoms with van der Waals surface area (Å²) in [5.74, 6) is -1.00. The van der Waals surface area contributed by atoms with Gasteiger partial charge >= 0.3 is 29.6 Å². The third-order valence-electron chi connectivity index (χ3n) is 1.39. The number of aliphatic hydroxyl groups excluding tert-OH is 5. The standard InChI is InChI=1S/C6H12O6.ClH.Na/c7-1-3(9)5(11)6(12)4(10)2-8;;/h3,5-9,11-12H,1-2H2;1H;/q;;+1/p-1. The maximum Gasteiger partial charge on any atom is 1.00 e. The number of ketones is 1. The second kappa shape index (κ2) is 10.3. The van der Waals surface area contributed by atoms with Crippen molar-refractivity contribution in [1.82, 2.24) is 0 Å². The van der Waals surface area contributed by atoms with Crippen molar-refractivity contribution in [2.24, 2.45) is 0 Å². The summed E-state index contributed by atoms with van der Waals surface area (Å²) in [6, 6.07) is 0. The molecule has 0 aromatic carbocycles. The fraction of sp³-hybridized carbons (Fsp3) is 0.833. The quantitative estimate of drug-likeness (QED) is 0.304. The predicted octanol–water partition coefficient (Wildman–Crippen LogP) is -9.37. The normalized spacial score (nSPS) is 15.8. The maximum atomic E-state index is 10.5. The van der Waals surface area contributed by atoms with E-state index in [1.54, 1.807) is 0 Å². The molecule has 0 spiro atoms. The Bertz CT molecular complexity index is 157. The van der Waals surface area contributed by atoms with E-state index in [1.165, 1.54) is 0 Å². The van der Waals surface area contributed by atoms with Gasteiger partial charge in [-0.05, 0) is 0 Å². The third-order valence-corrected chi connectivity index (χ3v) is 1.39. The van der Waals surface area contributed by atoms with Crippen LogP contribution in [-0.4, -0.2) is 62.8 Å². The Hall–Kier alpha value is 0.760. The summed E-state index contributed by atoms with van der Waals surface area (Å²) in [5.41, 5.74) is 0. The summed E-state index contributed by atoms with van der Waals surface area (Å²) < 4.78 is 0. The van der Waals surface area contributed by atoms with Crippen LogP contribution in [0.2, 0.25) is 0 Å². The van der Waals surface area contributed by atoms with Gasteiger partial charge < -0.3 is 37.9 Å². The monoisotopic (exact) mass is 238 g/mol. The molecule has 0 aromatic heterocycles. The van der Waals surface area contributed by atoms with Gasteiger partial charge in [0.15, 0.2) is 5.78 Å². The molecule has 3 atom stereocenters. The number of hydrogen-bond donors (Lipinski definition) is 5. The third kappa shape index (κ3) is 6.28. The van der Waals surface area contributed by atoms with Gasteiger partial charge in [-0.15, -0.1) is 0 Å². The molecule has 0 aromatic rings. The van der Waals surface area contributed by atoms with Crippen LogP contribution in [0.5, 0.6) is 0 Å². The number of hydrogen-bond acceptors (Lipinski definition) is 6. The van der Waals surface area contributed by atoms with Crippen molar-refractivity contribution in [3.8, 4) is 0 Å². The van der Waals surface area contributed by atoms with Gasteiger partial charge in [0.05, 0.1) is 6.61 Å². The summed E-state index contributed by atoms with van der Waals surface area (Å²) in [6.07, 6.45) is -5.22. The Morgan fingerprint density at radius 1 is 1.14 bits per heavy atom. The molecule has 6 nitrogen and oxygen atoms in total. The van der Waals surface area contributed by atoms with Gasteiger partial charge in [0, 0.05) is 0 Å². The van der Waals surface area contributed by atoms with Gasteiger partial charge in [0.25, 0.3) is 0 Å². The van der Waals surface area contributed by atoms with E-state index < -0.39 is 37.3 Å². The number of Topliss-reactive ketones (excluding diaryl/α,β-unsaturated/α-hetero) is 1. The summed E-state index contributed by atoms with van der Waals surface area (Å²) in [6.45, 7) is -1.69. The van der Waals surface area contributed by atoms with Crippen molar-refractivity contribution < 1.29 is 72.3 Å². The molecule has 0 aliphatic carbocycles. The minimum absolute atomic E-state index is 0. The zero-order valence-electron chi connectivity index (χ0n) is 7.67. The summed E-state index contributed by atoms with van der Waals surface area (Å²) in [5, 5.41) is 43.1. The van der Waals surface area contributed by atoms with E-state index in [0.29, 0.717) is 0 Å². The zero-order valence-corrected chi connectivity index (χ0v) is 10.4. The molecule has 0 fully saturated rings. The van der Waals surface area contributed by atoms with E-state index in [9.17, 15) is 4.79 Å². The molecule has 80 valence electrons. The van der Waals surface area contributed by atoms with Crippen LogP contribution in [0.1, 0.15) is 0 Å². The molecule has 3 unspecified atom stereocenters. The minimum atomic E-state index is -1.86. The van der Waals surface area contributed by atoms with Crippen molar-refractivity contribution in [2.75, 3.05) is 13.2 Å². The van der Waals surface area contributed by atoms with Crippen LogP contribution in [0.25, 0.3) is 0 Å². The average molecular weight is 239 g/mol. The molecule has 0 amide bonds. The molecule has 0 aliphatic heterocycles. The van der Waals surface area contributed by atoms with Gasteiger partial charge in [0.2, 0.25) is 0 Å². The molecule has 14 heavy (non-hydrogen) atoms. The first kappa shape index (κ1) is 20.2. The van der Waals surface area contributed by atoms with Crippen LogP contribution in [-0.2, 0) is 4.79 Å². The van der Waals surface area contributed by atoms with Crippen LogP contribution in [0.4, 0.5) is 0 Å². The predicted molar refractivity (Wildman–Crippen MR) is 37.2 cm³/mol. The summed E-state index contributed by atoms with van der Waals surface area (Å²) in [4.78, 5) is 10.5. The number of halogens is 1. The Morgan fingerprint density at radius 2 is 1.57 bits per heavy atom. The second-order valence-corrected chi connectivity index (χ2v) is 2.31. The molecular weight excluding hydrogens is 227 g/mol. The Morgan fingerprint density at radius 3 is 1.86 bits per heavy atom. The molecule has 5 N–H and O–H groups in total. The first-order valence-electron chi connectivity index (χ1n) is 3.33. The van der Waals surface area contributed by atoms with E-state index in [2.05, 4.69) is 0 Å². The zero-order chi connectivity index (χ0) is 9.72. The van der Waals surface area contributed by atoms with Crippen LogP contribution >= 0.6 is 0 Å². The fourth-order valence-corrected chi connectivity index (χ4v) is 0.602. The summed E-state index contributed by atoms with van der Waals surface area (Å²) in [7, 11) is 0. The second-order valence-electron chi connectivity index (χ2n) is 2.31. The van der Waals surface area contributed by atoms with E-state index in [4.69, 9.17) is 25.5 Å². The molecule has 0 saturated carbocycles. The Balaban J connectivity index is -0.000000605. The SMILES string of the molecule is O=C(CO)C(O)C(O)C(O)CO.[Cl-].[Na+]. The smallest absolute Gasteiger partial charge is 1.00 e. The molecule has 0 rings (SSSR count). The van der Waals surface area contributed by atoms with E-state index in [-0.39, 0.29) is 42.0 Å². The average Bonchev–Trinajstić information content (AvgIpc) is 2.12. The number of rotatable bonds is 5. The molecular formula is C6H12ClNaO6. The molecule has 8 heteroatoms. The van der Waals surface area contributed by atoms with Crippen LogP contribution < -0.4 is 42.0 Å². The van der Waals surface area contributed by atoms with Gasteiger partial charge in [-0.2, -0.15) is 0 Å². The topological polar surface area (TPSA) is 118 Å². The number of aliphatic hydroxyl groups is 5. The van der Waals surface area contributed by atoms with Crippen LogP contribution in [0, 0.1) is 0 Å². The van der Waals surface area contributed by atoms with Crippen molar-refractivity contribution >= 4 is 5.78 Å². The van der Waals surface area contributed by atoms with Gasteiger partial charge in [-0.25, -0.2) is 0 Å². The van der Waals surface area contributed by atoms with Crippen LogP contribution in [0.3, 0.4) is 0 Å². The largest absolute Gasteiger partial charge is 1.00 e. The molecule has 0 aliphatic rings. The number of carbonyl (C=O) groups is 1. The van der Waals surface area contributed by atoms with E-state index in [0.717, 1.165) is 0 Å². The van der Waals surface area contributed by atoms with Gasteiger partial charge in [0.1, 0.15) is 24.9 Å². The molecule has 0 radical (unpaired) electrons. The van der Waals surface area contributed by atoms with Crippen molar-refractivity contribution in [3.05, 3.63) is 0 Å². The molecule has 0 bridgehead atoms. The first-order chi connectivity index (χ1) is 5.54. The molecule has 0 saturated heterocycles. The van der Waals surface area contributed by atoms with Crippen molar-refractivity contribution in [2.45, 2.75) is 18.3 Å². The van der Waals surface area contributed by atoms with Gasteiger partial charge in [-0.1, -0.05) is 0 Å². The Kier molecular flexibility index (Phi) is 14.8. The van der Waals surface area contributed by atoms with Crippen molar-refractivity contribution in [3.63, 3.8) is 0 Å². The molecule has 0 heterocycles. The first-order valence-corrected chi connectivity index (χ1v) is 3.33. The van der Waals surface area contributed by atoms with Crippen molar-refractivity contribution in [1.29, 1.82) is 0 Å². The van der Waals surface area contributed by atoms with Crippen LogP contribution in [0.15, 0.2) is 0 Å². The van der Waals surface area contributed by atoms with Gasteiger partial charge in [-0.3, -0.25) is 4.79 Å². The summed E-state index contributed by atoms with van der Waals surface area (Å²) >= 11 is 0.